The van der Waals surface area contributed by atoms with Crippen molar-refractivity contribution in [1.82, 2.24) is 14.7 Å². The lowest BCUT2D eigenvalue weighted by Gasteiger charge is -2.32. The van der Waals surface area contributed by atoms with E-state index in [1.165, 1.54) is 0 Å². The highest BCUT2D eigenvalue weighted by Gasteiger charge is 2.29. The van der Waals surface area contributed by atoms with Crippen molar-refractivity contribution in [3.8, 4) is 0 Å². The largest absolute Gasteiger partial charge is 0.342 e. The average Bonchev–Trinajstić information content (AvgIpc) is 3.04. The molecule has 1 saturated heterocycles. The van der Waals surface area contributed by atoms with Gasteiger partial charge in [0.1, 0.15) is 0 Å². The fourth-order valence-electron chi connectivity index (χ4n) is 3.33. The zero-order valence-corrected chi connectivity index (χ0v) is 15.1. The molecule has 0 N–H and O–H groups in total. The Balaban J connectivity index is 1.59. The number of rotatable bonds is 5. The Hall–Kier alpha value is -2.14. The first-order chi connectivity index (χ1) is 12.0. The van der Waals surface area contributed by atoms with Crippen molar-refractivity contribution >= 4 is 23.3 Å². The second-order valence-electron chi connectivity index (χ2n) is 6.50. The lowest BCUT2D eigenvalue weighted by Crippen LogP contribution is -2.42. The third-order valence-corrected chi connectivity index (χ3v) is 5.01. The highest BCUT2D eigenvalue weighted by molar-refractivity contribution is 6.31. The third-order valence-electron chi connectivity index (χ3n) is 4.77. The maximum absolute atomic E-state index is 12.7. The molecule has 3 rings (SSSR count). The fourth-order valence-corrected chi connectivity index (χ4v) is 3.53. The van der Waals surface area contributed by atoms with E-state index in [9.17, 15) is 9.59 Å². The van der Waals surface area contributed by atoms with Gasteiger partial charge in [-0.2, -0.15) is 5.10 Å². The lowest BCUT2D eigenvalue weighted by atomic mass is 9.90. The number of likely N-dealkylation sites (tertiary alicyclic amines) is 1. The van der Waals surface area contributed by atoms with Crippen molar-refractivity contribution in [2.45, 2.75) is 25.7 Å². The van der Waals surface area contributed by atoms with Crippen LogP contribution in [0, 0.1) is 5.92 Å². The van der Waals surface area contributed by atoms with Gasteiger partial charge in [-0.15, -0.1) is 0 Å². The van der Waals surface area contributed by atoms with Crippen LogP contribution in [0.3, 0.4) is 0 Å². The Labute approximate surface area is 152 Å². The Morgan fingerprint density at radius 1 is 1.32 bits per heavy atom. The molecule has 1 aliphatic heterocycles. The summed E-state index contributed by atoms with van der Waals surface area (Å²) in [6, 6.07) is 8.96. The Bertz CT molecular complexity index is 772. The number of hydrogen-bond donors (Lipinski definition) is 0. The van der Waals surface area contributed by atoms with E-state index in [2.05, 4.69) is 5.10 Å². The van der Waals surface area contributed by atoms with E-state index in [0.29, 0.717) is 30.0 Å². The number of aromatic nitrogens is 2. The SMILES string of the molecule is Cn1nccc1CCC(=O)N1CCC[C@@H](C(=O)c2cccc(Cl)c2)C1. The number of halogens is 1. The number of Topliss-reactive ketones (excluding diaryl/α,β-unsaturated/α-hetero) is 1. The molecule has 0 spiro atoms. The summed E-state index contributed by atoms with van der Waals surface area (Å²) in [6.07, 6.45) is 4.52. The summed E-state index contributed by atoms with van der Waals surface area (Å²) in [6.45, 7) is 1.22. The van der Waals surface area contributed by atoms with Gasteiger partial charge in [-0.1, -0.05) is 23.7 Å². The quantitative estimate of drug-likeness (QED) is 0.771. The molecule has 0 aliphatic carbocycles. The summed E-state index contributed by atoms with van der Waals surface area (Å²) < 4.78 is 1.79. The number of benzene rings is 1. The van der Waals surface area contributed by atoms with Crippen LogP contribution in [0.15, 0.2) is 36.5 Å². The molecule has 1 aliphatic rings. The van der Waals surface area contributed by atoms with E-state index in [4.69, 9.17) is 11.6 Å². The van der Waals surface area contributed by atoms with Crippen molar-refractivity contribution in [2.75, 3.05) is 13.1 Å². The van der Waals surface area contributed by atoms with Gasteiger partial charge in [-0.25, -0.2) is 0 Å². The van der Waals surface area contributed by atoms with Crippen LogP contribution in [0.4, 0.5) is 0 Å². The molecule has 0 unspecified atom stereocenters. The minimum Gasteiger partial charge on any atom is -0.342 e. The van der Waals surface area contributed by atoms with E-state index in [1.54, 1.807) is 35.1 Å². The molecule has 2 aromatic rings. The molecule has 5 nitrogen and oxygen atoms in total. The van der Waals surface area contributed by atoms with Gasteiger partial charge in [0.05, 0.1) is 0 Å². The van der Waals surface area contributed by atoms with Crippen molar-refractivity contribution in [3.05, 3.63) is 52.8 Å². The van der Waals surface area contributed by atoms with Gasteiger partial charge in [-0.05, 0) is 37.5 Å². The first-order valence-corrected chi connectivity index (χ1v) is 8.97. The highest BCUT2D eigenvalue weighted by Crippen LogP contribution is 2.23. The molecular formula is C19H22ClN3O2. The van der Waals surface area contributed by atoms with E-state index in [-0.39, 0.29) is 17.6 Å². The average molecular weight is 360 g/mol. The second-order valence-corrected chi connectivity index (χ2v) is 6.94. The zero-order valence-electron chi connectivity index (χ0n) is 14.3. The summed E-state index contributed by atoms with van der Waals surface area (Å²) in [5.74, 6) is 0.0318. The number of aryl methyl sites for hydroxylation is 2. The summed E-state index contributed by atoms with van der Waals surface area (Å²) in [5, 5.41) is 4.68. The Kier molecular flexibility index (Phi) is 5.53. The summed E-state index contributed by atoms with van der Waals surface area (Å²) >= 11 is 5.99. The molecule has 1 atom stereocenters. The number of carbonyl (C=O) groups excluding carboxylic acids is 2. The number of hydrogen-bond acceptors (Lipinski definition) is 3. The standard InChI is InChI=1S/C19H22ClN3O2/c1-22-17(9-10-21-22)7-8-18(24)23-11-3-5-15(13-23)19(25)14-4-2-6-16(20)12-14/h2,4,6,9-10,12,15H,3,5,7-8,11,13H2,1H3/t15-/m1/s1. The maximum Gasteiger partial charge on any atom is 0.222 e. The van der Waals surface area contributed by atoms with Crippen LogP contribution < -0.4 is 0 Å². The van der Waals surface area contributed by atoms with Gasteiger partial charge < -0.3 is 4.90 Å². The molecule has 1 aromatic heterocycles. The van der Waals surface area contributed by atoms with Crippen molar-refractivity contribution < 1.29 is 9.59 Å². The number of amides is 1. The Morgan fingerprint density at radius 2 is 2.16 bits per heavy atom. The molecule has 0 radical (unpaired) electrons. The summed E-state index contributed by atoms with van der Waals surface area (Å²) in [4.78, 5) is 27.1. The van der Waals surface area contributed by atoms with Crippen LogP contribution in [-0.2, 0) is 18.3 Å². The molecule has 0 saturated carbocycles. The minimum atomic E-state index is -0.145. The van der Waals surface area contributed by atoms with Gasteiger partial charge >= 0.3 is 0 Å². The molecule has 132 valence electrons. The van der Waals surface area contributed by atoms with E-state index >= 15 is 0 Å². The van der Waals surface area contributed by atoms with E-state index < -0.39 is 0 Å². The molecule has 25 heavy (non-hydrogen) atoms. The van der Waals surface area contributed by atoms with E-state index in [0.717, 1.165) is 25.1 Å². The van der Waals surface area contributed by atoms with Crippen molar-refractivity contribution in [2.24, 2.45) is 13.0 Å². The number of piperidine rings is 1. The molecular weight excluding hydrogens is 338 g/mol. The highest BCUT2D eigenvalue weighted by atomic mass is 35.5. The zero-order chi connectivity index (χ0) is 17.8. The van der Waals surface area contributed by atoms with Crippen LogP contribution in [0.25, 0.3) is 0 Å². The van der Waals surface area contributed by atoms with Crippen molar-refractivity contribution in [1.29, 1.82) is 0 Å². The normalized spacial score (nSPS) is 17.5. The van der Waals surface area contributed by atoms with Crippen LogP contribution in [-0.4, -0.2) is 39.5 Å². The summed E-state index contributed by atoms with van der Waals surface area (Å²) in [5.41, 5.74) is 1.67. The number of nitrogens with zero attached hydrogens (tertiary/aromatic N) is 3. The van der Waals surface area contributed by atoms with Gasteiger partial charge in [0.25, 0.3) is 0 Å². The minimum absolute atomic E-state index is 0.0756. The van der Waals surface area contributed by atoms with Gasteiger partial charge in [-0.3, -0.25) is 14.3 Å². The molecule has 6 heteroatoms. The number of ketones is 1. The first-order valence-electron chi connectivity index (χ1n) is 8.59. The van der Waals surface area contributed by atoms with Crippen molar-refractivity contribution in [3.63, 3.8) is 0 Å². The topological polar surface area (TPSA) is 55.2 Å². The molecule has 2 heterocycles. The molecule has 0 bridgehead atoms. The lowest BCUT2D eigenvalue weighted by molar-refractivity contribution is -0.132. The Morgan fingerprint density at radius 3 is 2.88 bits per heavy atom. The van der Waals surface area contributed by atoms with Crippen LogP contribution >= 0.6 is 11.6 Å². The monoisotopic (exact) mass is 359 g/mol. The first kappa shape index (κ1) is 17.7. The number of carbonyl (C=O) groups is 2. The van der Waals surface area contributed by atoms with E-state index in [1.807, 2.05) is 18.0 Å². The van der Waals surface area contributed by atoms with Crippen LogP contribution in [0.5, 0.6) is 0 Å². The van der Waals surface area contributed by atoms with Crippen LogP contribution in [0.2, 0.25) is 5.02 Å². The smallest absolute Gasteiger partial charge is 0.222 e. The predicted octanol–water partition coefficient (Wildman–Crippen LogP) is 3.13. The molecule has 1 amide bonds. The molecule has 1 aromatic carbocycles. The van der Waals surface area contributed by atoms with Gasteiger partial charge in [0, 0.05) is 55.0 Å². The summed E-state index contributed by atoms with van der Waals surface area (Å²) in [7, 11) is 1.88. The second kappa shape index (κ2) is 7.83. The fraction of sp³-hybridized carbons (Fsp3) is 0.421. The van der Waals surface area contributed by atoms with Gasteiger partial charge in [0.2, 0.25) is 5.91 Å². The molecule has 1 fully saturated rings. The maximum atomic E-state index is 12.7. The van der Waals surface area contributed by atoms with Gasteiger partial charge in [0.15, 0.2) is 5.78 Å². The predicted molar refractivity (Wildman–Crippen MR) is 96.6 cm³/mol. The third kappa shape index (κ3) is 4.28. The van der Waals surface area contributed by atoms with Crippen LogP contribution in [0.1, 0.15) is 35.3 Å².